The number of hydrogen-bond acceptors (Lipinski definition) is 4. The summed E-state index contributed by atoms with van der Waals surface area (Å²) >= 11 is 17.8. The van der Waals surface area contributed by atoms with Crippen LogP contribution in [0.15, 0.2) is 12.1 Å². The molecule has 0 saturated carbocycles. The molecule has 3 N–H and O–H groups in total. The zero-order chi connectivity index (χ0) is 18.5. The van der Waals surface area contributed by atoms with Crippen molar-refractivity contribution in [3.63, 3.8) is 0 Å². The lowest BCUT2D eigenvalue weighted by atomic mass is 10.3. The highest BCUT2D eigenvalue weighted by atomic mass is 35.5. The molecule has 0 saturated heterocycles. The van der Waals surface area contributed by atoms with Gasteiger partial charge in [0.25, 0.3) is 0 Å². The topological polar surface area (TPSA) is 95.9 Å². The van der Waals surface area contributed by atoms with Crippen molar-refractivity contribution >= 4 is 46.7 Å². The number of carbonyl (C=O) groups is 2. The number of nitrogens with one attached hydrogen (secondary N) is 1. The Kier molecular flexibility index (Phi) is 12.5. The average Bonchev–Trinajstić information content (AvgIpc) is 2.49. The van der Waals surface area contributed by atoms with Crippen molar-refractivity contribution in [3.8, 4) is 5.75 Å². The number of unbranched alkanes of at least 4 members (excludes halogenated alkanes) is 1. The largest absolute Gasteiger partial charge is 0.490 e. The summed E-state index contributed by atoms with van der Waals surface area (Å²) in [6, 6.07) is 3.26. The summed E-state index contributed by atoms with van der Waals surface area (Å²) in [6.45, 7) is 4.75. The molecule has 0 fully saturated rings. The molecule has 0 aliphatic rings. The third-order valence-corrected chi connectivity index (χ3v) is 3.38. The fourth-order valence-electron chi connectivity index (χ4n) is 1.47. The van der Waals surface area contributed by atoms with Crippen molar-refractivity contribution in [2.45, 2.75) is 26.2 Å². The second kappa shape index (κ2) is 13.1. The molecule has 0 bridgehead atoms. The van der Waals surface area contributed by atoms with Crippen LogP contribution < -0.4 is 10.1 Å². The van der Waals surface area contributed by atoms with E-state index in [0.29, 0.717) is 27.4 Å². The van der Waals surface area contributed by atoms with Gasteiger partial charge >= 0.3 is 11.9 Å². The predicted molar refractivity (Wildman–Crippen MR) is 94.6 cm³/mol. The van der Waals surface area contributed by atoms with Gasteiger partial charge in [0.2, 0.25) is 0 Å². The Morgan fingerprint density at radius 1 is 1.04 bits per heavy atom. The smallest absolute Gasteiger partial charge is 0.414 e. The van der Waals surface area contributed by atoms with Crippen LogP contribution in [0.3, 0.4) is 0 Å². The molecule has 6 nitrogen and oxygen atoms in total. The van der Waals surface area contributed by atoms with Crippen LogP contribution in [-0.2, 0) is 9.59 Å². The molecule has 1 rings (SSSR count). The summed E-state index contributed by atoms with van der Waals surface area (Å²) in [5.74, 6) is -3.14. The van der Waals surface area contributed by atoms with Crippen LogP contribution in [0.1, 0.15) is 26.2 Å². The number of halogens is 3. The highest BCUT2D eigenvalue weighted by molar-refractivity contribution is 6.40. The van der Waals surface area contributed by atoms with Crippen LogP contribution in [0.4, 0.5) is 0 Å². The van der Waals surface area contributed by atoms with Crippen molar-refractivity contribution in [1.82, 2.24) is 5.32 Å². The zero-order valence-electron chi connectivity index (χ0n) is 13.2. The number of carboxylic acid groups (broad SMARTS) is 2. The maximum absolute atomic E-state index is 9.10. The van der Waals surface area contributed by atoms with E-state index in [4.69, 9.17) is 59.3 Å². The van der Waals surface area contributed by atoms with Crippen molar-refractivity contribution in [3.05, 3.63) is 27.2 Å². The van der Waals surface area contributed by atoms with Gasteiger partial charge in [-0.25, -0.2) is 9.59 Å². The van der Waals surface area contributed by atoms with Gasteiger partial charge in [0.15, 0.2) is 5.75 Å². The summed E-state index contributed by atoms with van der Waals surface area (Å²) in [5.41, 5.74) is 0. The summed E-state index contributed by atoms with van der Waals surface area (Å²) in [6.07, 6.45) is 3.33. The molecule has 0 unspecified atom stereocenters. The number of rotatable bonds is 8. The Balaban J connectivity index is 0.000000754. The molecule has 0 heterocycles. The molecular weight excluding hydrogens is 381 g/mol. The molecule has 24 heavy (non-hydrogen) atoms. The Hall–Kier alpha value is -1.21. The minimum absolute atomic E-state index is 0.450. The fraction of sp³-hybridized carbons (Fsp3) is 0.467. The fourth-order valence-corrected chi connectivity index (χ4v) is 2.39. The van der Waals surface area contributed by atoms with Gasteiger partial charge in [-0.15, -0.1) is 0 Å². The number of hydrogen-bond donors (Lipinski definition) is 3. The lowest BCUT2D eigenvalue weighted by Crippen LogP contribution is -2.18. The van der Waals surface area contributed by atoms with Gasteiger partial charge in [0.05, 0.1) is 16.7 Å². The Morgan fingerprint density at radius 2 is 1.54 bits per heavy atom. The molecule has 0 atom stereocenters. The van der Waals surface area contributed by atoms with Crippen LogP contribution in [0.25, 0.3) is 0 Å². The number of benzene rings is 1. The molecule has 1 aromatic rings. The lowest BCUT2D eigenvalue weighted by Gasteiger charge is -2.10. The van der Waals surface area contributed by atoms with Crippen molar-refractivity contribution in [2.75, 3.05) is 19.7 Å². The molecule has 0 aromatic heterocycles. The number of aliphatic carboxylic acids is 2. The van der Waals surface area contributed by atoms with Crippen LogP contribution in [0, 0.1) is 0 Å². The highest BCUT2D eigenvalue weighted by Gasteiger charge is 2.08. The third kappa shape index (κ3) is 10.5. The first kappa shape index (κ1) is 22.8. The third-order valence-electron chi connectivity index (χ3n) is 2.60. The van der Waals surface area contributed by atoms with Crippen molar-refractivity contribution < 1.29 is 24.5 Å². The molecular formula is C15H20Cl3NO5. The Bertz CT molecular complexity index is 505. The van der Waals surface area contributed by atoms with E-state index in [2.05, 4.69) is 12.2 Å². The summed E-state index contributed by atoms with van der Waals surface area (Å²) in [5, 5.41) is 19.5. The monoisotopic (exact) mass is 399 g/mol. The summed E-state index contributed by atoms with van der Waals surface area (Å²) < 4.78 is 5.57. The van der Waals surface area contributed by atoms with Gasteiger partial charge in [-0.05, 0) is 38.1 Å². The normalized spacial score (nSPS) is 9.83. The minimum Gasteiger partial charge on any atom is -0.490 e. The van der Waals surface area contributed by atoms with Crippen LogP contribution >= 0.6 is 34.8 Å². The van der Waals surface area contributed by atoms with Gasteiger partial charge in [-0.1, -0.05) is 48.1 Å². The van der Waals surface area contributed by atoms with Gasteiger partial charge in [-0.2, -0.15) is 0 Å². The van der Waals surface area contributed by atoms with Crippen LogP contribution in [0.5, 0.6) is 5.75 Å². The first-order valence-corrected chi connectivity index (χ1v) is 8.37. The summed E-state index contributed by atoms with van der Waals surface area (Å²) in [7, 11) is 0. The molecule has 0 spiro atoms. The van der Waals surface area contributed by atoms with E-state index in [9.17, 15) is 0 Å². The molecule has 136 valence electrons. The average molecular weight is 401 g/mol. The van der Waals surface area contributed by atoms with E-state index in [-0.39, 0.29) is 0 Å². The molecule has 0 radical (unpaired) electrons. The van der Waals surface area contributed by atoms with Crippen molar-refractivity contribution in [1.29, 1.82) is 0 Å². The Labute approximate surface area is 155 Å². The molecule has 1 aromatic carbocycles. The number of carboxylic acids is 2. The van der Waals surface area contributed by atoms with Crippen LogP contribution in [0.2, 0.25) is 15.1 Å². The first-order valence-electron chi connectivity index (χ1n) is 7.23. The predicted octanol–water partition coefficient (Wildman–Crippen LogP) is 3.96. The maximum atomic E-state index is 9.10. The molecule has 0 aliphatic heterocycles. The van der Waals surface area contributed by atoms with E-state index in [1.54, 1.807) is 12.1 Å². The summed E-state index contributed by atoms with van der Waals surface area (Å²) in [4.78, 5) is 18.2. The first-order chi connectivity index (χ1) is 11.3. The van der Waals surface area contributed by atoms with Gasteiger partial charge in [-0.3, -0.25) is 0 Å². The minimum atomic E-state index is -1.82. The lowest BCUT2D eigenvalue weighted by molar-refractivity contribution is -0.159. The molecule has 9 heteroatoms. The van der Waals surface area contributed by atoms with Crippen LogP contribution in [-0.4, -0.2) is 41.8 Å². The van der Waals surface area contributed by atoms with E-state index in [1.165, 1.54) is 12.8 Å². The maximum Gasteiger partial charge on any atom is 0.414 e. The van der Waals surface area contributed by atoms with E-state index >= 15 is 0 Å². The second-order valence-corrected chi connectivity index (χ2v) is 5.87. The van der Waals surface area contributed by atoms with E-state index < -0.39 is 11.9 Å². The van der Waals surface area contributed by atoms with Gasteiger partial charge in [0, 0.05) is 5.02 Å². The molecule has 0 aliphatic carbocycles. The zero-order valence-corrected chi connectivity index (χ0v) is 15.4. The van der Waals surface area contributed by atoms with E-state index in [0.717, 1.165) is 19.5 Å². The van der Waals surface area contributed by atoms with Crippen molar-refractivity contribution in [2.24, 2.45) is 0 Å². The molecule has 0 amide bonds. The quantitative estimate of drug-likeness (QED) is 0.451. The second-order valence-electron chi connectivity index (χ2n) is 4.61. The number of ether oxygens (including phenoxy) is 1. The van der Waals surface area contributed by atoms with Gasteiger partial charge < -0.3 is 20.3 Å². The SMILES string of the molecule is CCCCNCCCOc1c(Cl)cc(Cl)cc1Cl.O=C(O)C(=O)O. The van der Waals surface area contributed by atoms with Gasteiger partial charge in [0.1, 0.15) is 0 Å². The highest BCUT2D eigenvalue weighted by Crippen LogP contribution is 2.35. The standard InChI is InChI=1S/C13H18Cl3NO.C2H2O4/c1-2-3-5-17-6-4-7-18-13-11(15)8-10(14)9-12(13)16;3-1(4)2(5)6/h8-9,17H,2-7H2,1H3;(H,3,4)(H,5,6). The van der Waals surface area contributed by atoms with E-state index in [1.807, 2.05) is 0 Å². The Morgan fingerprint density at radius 3 is 2.00 bits per heavy atom.